The number of rotatable bonds is 3. The Morgan fingerprint density at radius 3 is 2.35 bits per heavy atom. The number of benzene rings is 1. The number of hydrogen-bond donors (Lipinski definition) is 1. The normalized spacial score (nSPS) is 10.8. The van der Waals surface area contributed by atoms with Crippen LogP contribution in [0.25, 0.3) is 11.3 Å². The first kappa shape index (κ1) is 11.5. The lowest BCUT2D eigenvalue weighted by atomic mass is 10.1. The summed E-state index contributed by atoms with van der Waals surface area (Å²) in [6.45, 7) is 4.16. The van der Waals surface area contributed by atoms with Gasteiger partial charge in [-0.1, -0.05) is 0 Å². The van der Waals surface area contributed by atoms with E-state index in [9.17, 15) is 0 Å². The third-order valence-corrected chi connectivity index (χ3v) is 2.75. The van der Waals surface area contributed by atoms with Gasteiger partial charge < -0.3 is 15.0 Å². The van der Waals surface area contributed by atoms with E-state index in [2.05, 4.69) is 18.8 Å². The van der Waals surface area contributed by atoms with E-state index in [4.69, 9.17) is 10.5 Å². The molecule has 0 spiro atoms. The first-order chi connectivity index (χ1) is 8.13. The van der Waals surface area contributed by atoms with Crippen molar-refractivity contribution in [2.75, 3.05) is 12.8 Å². The molecular formula is C13H17N3O. The summed E-state index contributed by atoms with van der Waals surface area (Å²) in [6.07, 6.45) is 1.78. The molecule has 4 heteroatoms. The Morgan fingerprint density at radius 2 is 1.88 bits per heavy atom. The Hall–Kier alpha value is -1.97. The molecule has 2 aromatic rings. The maximum atomic E-state index is 6.08. The second kappa shape index (κ2) is 4.49. The topological polar surface area (TPSA) is 53.1 Å². The van der Waals surface area contributed by atoms with Gasteiger partial charge in [0.05, 0.1) is 13.4 Å². The molecule has 90 valence electrons. The molecule has 0 aliphatic rings. The summed E-state index contributed by atoms with van der Waals surface area (Å²) in [7, 11) is 1.65. The lowest BCUT2D eigenvalue weighted by Crippen LogP contribution is -2.04. The minimum absolute atomic E-state index is 0.314. The summed E-state index contributed by atoms with van der Waals surface area (Å²) in [5.41, 5.74) is 7.90. The SMILES string of the molecule is COc1ccc(-c2ncn(C(C)C)c2N)cc1. The van der Waals surface area contributed by atoms with E-state index >= 15 is 0 Å². The van der Waals surface area contributed by atoms with Crippen molar-refractivity contribution in [2.45, 2.75) is 19.9 Å². The molecule has 0 saturated carbocycles. The van der Waals surface area contributed by atoms with Crippen molar-refractivity contribution in [1.29, 1.82) is 0 Å². The number of hydrogen-bond acceptors (Lipinski definition) is 3. The van der Waals surface area contributed by atoms with E-state index in [1.807, 2.05) is 28.8 Å². The summed E-state index contributed by atoms with van der Waals surface area (Å²) >= 11 is 0. The van der Waals surface area contributed by atoms with Gasteiger partial charge in [0.15, 0.2) is 0 Å². The van der Waals surface area contributed by atoms with Gasteiger partial charge in [-0.2, -0.15) is 0 Å². The van der Waals surface area contributed by atoms with Crippen molar-refractivity contribution in [3.05, 3.63) is 30.6 Å². The van der Waals surface area contributed by atoms with Gasteiger partial charge in [0.1, 0.15) is 17.3 Å². The van der Waals surface area contributed by atoms with Crippen LogP contribution in [0.1, 0.15) is 19.9 Å². The summed E-state index contributed by atoms with van der Waals surface area (Å²) in [5.74, 6) is 1.53. The molecule has 0 unspecified atom stereocenters. The van der Waals surface area contributed by atoms with Gasteiger partial charge >= 0.3 is 0 Å². The fourth-order valence-corrected chi connectivity index (χ4v) is 1.75. The number of anilines is 1. The van der Waals surface area contributed by atoms with Gasteiger partial charge in [-0.15, -0.1) is 0 Å². The van der Waals surface area contributed by atoms with Crippen LogP contribution in [-0.4, -0.2) is 16.7 Å². The monoisotopic (exact) mass is 231 g/mol. The smallest absolute Gasteiger partial charge is 0.131 e. The van der Waals surface area contributed by atoms with E-state index in [-0.39, 0.29) is 0 Å². The van der Waals surface area contributed by atoms with Crippen LogP contribution in [0.3, 0.4) is 0 Å². The number of nitrogen functional groups attached to an aromatic ring is 1. The third-order valence-electron chi connectivity index (χ3n) is 2.75. The van der Waals surface area contributed by atoms with E-state index in [1.54, 1.807) is 13.4 Å². The highest BCUT2D eigenvalue weighted by Gasteiger charge is 2.11. The Kier molecular flexibility index (Phi) is 3.04. The maximum Gasteiger partial charge on any atom is 0.131 e. The van der Waals surface area contributed by atoms with Gasteiger partial charge in [-0.25, -0.2) is 4.98 Å². The van der Waals surface area contributed by atoms with Crippen LogP contribution in [0.5, 0.6) is 5.75 Å². The van der Waals surface area contributed by atoms with Gasteiger partial charge in [0.2, 0.25) is 0 Å². The van der Waals surface area contributed by atoms with Crippen molar-refractivity contribution in [1.82, 2.24) is 9.55 Å². The van der Waals surface area contributed by atoms with Crippen molar-refractivity contribution < 1.29 is 4.74 Å². The molecule has 0 fully saturated rings. The average molecular weight is 231 g/mol. The standard InChI is InChI=1S/C13H17N3O/c1-9(2)16-8-15-12(13(16)14)10-4-6-11(17-3)7-5-10/h4-9H,14H2,1-3H3. The molecule has 1 heterocycles. The molecule has 2 rings (SSSR count). The zero-order valence-corrected chi connectivity index (χ0v) is 10.3. The predicted molar refractivity (Wildman–Crippen MR) is 69.0 cm³/mol. The van der Waals surface area contributed by atoms with Crippen molar-refractivity contribution in [3.8, 4) is 17.0 Å². The number of nitrogens with zero attached hydrogens (tertiary/aromatic N) is 2. The highest BCUT2D eigenvalue weighted by atomic mass is 16.5. The third kappa shape index (κ3) is 2.11. The molecule has 17 heavy (non-hydrogen) atoms. The van der Waals surface area contributed by atoms with Crippen LogP contribution >= 0.6 is 0 Å². The molecule has 1 aromatic heterocycles. The summed E-state index contributed by atoms with van der Waals surface area (Å²) < 4.78 is 7.08. The highest BCUT2D eigenvalue weighted by molar-refractivity contribution is 5.70. The molecule has 2 N–H and O–H groups in total. The molecule has 0 aliphatic carbocycles. The van der Waals surface area contributed by atoms with Crippen LogP contribution < -0.4 is 10.5 Å². The molecule has 1 aromatic carbocycles. The van der Waals surface area contributed by atoms with Crippen molar-refractivity contribution in [3.63, 3.8) is 0 Å². The number of nitrogens with two attached hydrogens (primary N) is 1. The van der Waals surface area contributed by atoms with Crippen LogP contribution in [-0.2, 0) is 0 Å². The van der Waals surface area contributed by atoms with E-state index in [1.165, 1.54) is 0 Å². The zero-order valence-electron chi connectivity index (χ0n) is 10.3. The van der Waals surface area contributed by atoms with Gasteiger partial charge in [-0.05, 0) is 38.1 Å². The Morgan fingerprint density at radius 1 is 1.24 bits per heavy atom. The fraction of sp³-hybridized carbons (Fsp3) is 0.308. The summed E-state index contributed by atoms with van der Waals surface area (Å²) in [6, 6.07) is 8.05. The number of imidazole rings is 1. The molecule has 4 nitrogen and oxygen atoms in total. The molecule has 0 radical (unpaired) electrons. The van der Waals surface area contributed by atoms with Crippen LogP contribution in [0.15, 0.2) is 30.6 Å². The Labute approximate surface area is 101 Å². The highest BCUT2D eigenvalue weighted by Crippen LogP contribution is 2.27. The maximum absolute atomic E-state index is 6.08. The fourth-order valence-electron chi connectivity index (χ4n) is 1.75. The van der Waals surface area contributed by atoms with Crippen LogP contribution in [0.4, 0.5) is 5.82 Å². The van der Waals surface area contributed by atoms with E-state index < -0.39 is 0 Å². The molecule has 0 amide bonds. The Balaban J connectivity index is 2.39. The van der Waals surface area contributed by atoms with E-state index in [0.29, 0.717) is 11.9 Å². The van der Waals surface area contributed by atoms with Gasteiger partial charge in [0, 0.05) is 11.6 Å². The van der Waals surface area contributed by atoms with Gasteiger partial charge in [-0.3, -0.25) is 0 Å². The second-order valence-electron chi connectivity index (χ2n) is 4.21. The summed E-state index contributed by atoms with van der Waals surface area (Å²) in [5, 5.41) is 0. The number of aromatic nitrogens is 2. The van der Waals surface area contributed by atoms with Gasteiger partial charge in [0.25, 0.3) is 0 Å². The quantitative estimate of drug-likeness (QED) is 0.883. The van der Waals surface area contributed by atoms with Crippen LogP contribution in [0, 0.1) is 0 Å². The van der Waals surface area contributed by atoms with Crippen molar-refractivity contribution >= 4 is 5.82 Å². The molecule has 0 atom stereocenters. The molecule has 0 bridgehead atoms. The molecule has 0 aliphatic heterocycles. The largest absolute Gasteiger partial charge is 0.497 e. The first-order valence-corrected chi connectivity index (χ1v) is 5.60. The molecule has 0 saturated heterocycles. The first-order valence-electron chi connectivity index (χ1n) is 5.60. The summed E-state index contributed by atoms with van der Waals surface area (Å²) in [4.78, 5) is 4.36. The predicted octanol–water partition coefficient (Wildman–Crippen LogP) is 2.72. The second-order valence-corrected chi connectivity index (χ2v) is 4.21. The number of ether oxygens (including phenoxy) is 1. The lowest BCUT2D eigenvalue weighted by Gasteiger charge is -2.09. The molecular weight excluding hydrogens is 214 g/mol. The minimum Gasteiger partial charge on any atom is -0.497 e. The lowest BCUT2D eigenvalue weighted by molar-refractivity contribution is 0.415. The minimum atomic E-state index is 0.314. The van der Waals surface area contributed by atoms with Crippen LogP contribution in [0.2, 0.25) is 0 Å². The average Bonchev–Trinajstić information content (AvgIpc) is 2.71. The van der Waals surface area contributed by atoms with Crippen molar-refractivity contribution in [2.24, 2.45) is 0 Å². The number of methoxy groups -OCH3 is 1. The van der Waals surface area contributed by atoms with E-state index in [0.717, 1.165) is 17.0 Å². The Bertz CT molecular complexity index is 500. The zero-order chi connectivity index (χ0) is 12.4.